The van der Waals surface area contributed by atoms with Gasteiger partial charge in [-0.3, -0.25) is 0 Å². The Labute approximate surface area is 182 Å². The molecule has 0 aliphatic heterocycles. The van der Waals surface area contributed by atoms with Gasteiger partial charge in [0.05, 0.1) is 30.5 Å². The molecule has 0 bridgehead atoms. The molecule has 0 amide bonds. The second kappa shape index (κ2) is 12.6. The van der Waals surface area contributed by atoms with Gasteiger partial charge in [-0.1, -0.05) is 46.9 Å². The van der Waals surface area contributed by atoms with Gasteiger partial charge >= 0.3 is 0 Å². The minimum absolute atomic E-state index is 0.298. The highest BCUT2D eigenvalue weighted by Crippen LogP contribution is 2.33. The number of hydrogen-bond donors (Lipinski definition) is 5. The minimum Gasteiger partial charge on any atom is -0.393 e. The second-order valence-electron chi connectivity index (χ2n) is 8.59. The Morgan fingerprint density at radius 3 is 2.07 bits per heavy atom. The Morgan fingerprint density at radius 2 is 1.39 bits per heavy atom. The molecule has 2 fully saturated rings. The minimum atomic E-state index is -0.670. The average molecular weight is 508 g/mol. The molecule has 6 heteroatoms. The summed E-state index contributed by atoms with van der Waals surface area (Å²) in [5.41, 5.74) is 0. The number of hydrogen-bond acceptors (Lipinski definition) is 5. The maximum Gasteiger partial charge on any atom is 0.0806 e. The molecule has 162 valence electrons. The number of aliphatic hydroxyl groups is 5. The summed E-state index contributed by atoms with van der Waals surface area (Å²) >= 11 is 2.20. The van der Waals surface area contributed by atoms with E-state index >= 15 is 0 Å². The van der Waals surface area contributed by atoms with Gasteiger partial charge in [0.15, 0.2) is 0 Å². The molecule has 0 saturated heterocycles. The molecule has 2 saturated carbocycles. The predicted molar refractivity (Wildman–Crippen MR) is 119 cm³/mol. The second-order valence-corrected chi connectivity index (χ2v) is 9.67. The van der Waals surface area contributed by atoms with Crippen molar-refractivity contribution in [2.75, 3.05) is 4.43 Å². The zero-order valence-electron chi connectivity index (χ0n) is 16.6. The zero-order valence-corrected chi connectivity index (χ0v) is 18.8. The van der Waals surface area contributed by atoms with Crippen LogP contribution in [0, 0.1) is 17.8 Å². The van der Waals surface area contributed by atoms with Crippen LogP contribution in [0.25, 0.3) is 0 Å². The van der Waals surface area contributed by atoms with E-state index in [1.165, 1.54) is 0 Å². The Balaban J connectivity index is 1.76. The third kappa shape index (κ3) is 8.40. The van der Waals surface area contributed by atoms with Crippen LogP contribution in [0.4, 0.5) is 0 Å². The fourth-order valence-corrected chi connectivity index (χ4v) is 5.03. The van der Waals surface area contributed by atoms with Crippen LogP contribution in [-0.4, -0.2) is 60.5 Å². The van der Waals surface area contributed by atoms with E-state index in [-0.39, 0.29) is 6.10 Å². The quantitative estimate of drug-likeness (QED) is 0.187. The van der Waals surface area contributed by atoms with Crippen molar-refractivity contribution in [1.29, 1.82) is 0 Å². The lowest BCUT2D eigenvalue weighted by Crippen LogP contribution is -2.33. The smallest absolute Gasteiger partial charge is 0.0806 e. The summed E-state index contributed by atoms with van der Waals surface area (Å²) in [6.45, 7) is 0. The molecule has 2 aliphatic rings. The number of allylic oxidation sites excluding steroid dienone is 4. The SMILES string of the molecule is OC1CC(/C=C/CCC(O)C(O)CCI)CC(/C=C/C2CCC(O)C(O)C2)C1. The van der Waals surface area contributed by atoms with Crippen LogP contribution in [0.15, 0.2) is 24.3 Å². The van der Waals surface area contributed by atoms with Gasteiger partial charge in [-0.15, -0.1) is 0 Å². The van der Waals surface area contributed by atoms with Gasteiger partial charge in [0.2, 0.25) is 0 Å². The van der Waals surface area contributed by atoms with Crippen molar-refractivity contribution in [1.82, 2.24) is 0 Å². The van der Waals surface area contributed by atoms with Gasteiger partial charge in [-0.05, 0) is 75.5 Å². The van der Waals surface area contributed by atoms with E-state index < -0.39 is 24.4 Å². The fourth-order valence-electron chi connectivity index (χ4n) is 4.39. The van der Waals surface area contributed by atoms with Crippen LogP contribution in [0.1, 0.15) is 57.8 Å². The van der Waals surface area contributed by atoms with Gasteiger partial charge in [0, 0.05) is 4.43 Å². The van der Waals surface area contributed by atoms with Gasteiger partial charge < -0.3 is 25.5 Å². The molecule has 8 atom stereocenters. The number of aliphatic hydroxyl groups excluding tert-OH is 5. The Kier molecular flexibility index (Phi) is 11.0. The zero-order chi connectivity index (χ0) is 20.5. The van der Waals surface area contributed by atoms with E-state index in [2.05, 4.69) is 46.9 Å². The van der Waals surface area contributed by atoms with Crippen LogP contribution in [0.3, 0.4) is 0 Å². The Morgan fingerprint density at radius 1 is 0.750 bits per heavy atom. The molecule has 2 rings (SSSR count). The molecule has 28 heavy (non-hydrogen) atoms. The van der Waals surface area contributed by atoms with Crippen LogP contribution in [-0.2, 0) is 0 Å². The van der Waals surface area contributed by atoms with Crippen molar-refractivity contribution in [2.45, 2.75) is 88.3 Å². The molecule has 0 aromatic rings. The monoisotopic (exact) mass is 508 g/mol. The van der Waals surface area contributed by atoms with Crippen molar-refractivity contribution in [3.05, 3.63) is 24.3 Å². The van der Waals surface area contributed by atoms with Crippen LogP contribution in [0.5, 0.6) is 0 Å². The highest BCUT2D eigenvalue weighted by atomic mass is 127. The molecule has 8 unspecified atom stereocenters. The molecule has 0 radical (unpaired) electrons. The third-order valence-electron chi connectivity index (χ3n) is 6.12. The summed E-state index contributed by atoms with van der Waals surface area (Å²) in [7, 11) is 0. The van der Waals surface area contributed by atoms with Gasteiger partial charge in [0.25, 0.3) is 0 Å². The maximum atomic E-state index is 10.2. The van der Waals surface area contributed by atoms with E-state index in [1.54, 1.807) is 0 Å². The Hall–Kier alpha value is 0.01000. The van der Waals surface area contributed by atoms with E-state index in [9.17, 15) is 25.5 Å². The van der Waals surface area contributed by atoms with Gasteiger partial charge in [0.1, 0.15) is 0 Å². The summed E-state index contributed by atoms with van der Waals surface area (Å²) in [6.07, 6.45) is 12.4. The van der Waals surface area contributed by atoms with Crippen LogP contribution < -0.4 is 0 Å². The lowest BCUT2D eigenvalue weighted by molar-refractivity contribution is -0.0190. The maximum absolute atomic E-state index is 10.2. The molecular formula is C22H37IO5. The standard InChI is InChI=1S/C22H37IO5/c23-10-9-21(27)19(25)4-2-1-3-16-11-17(13-18(24)12-16)6-5-15-7-8-20(26)22(28)14-15/h1,3,5-6,15-22,24-28H,2,4,7-14H2/b3-1+,6-5+. The molecule has 5 nitrogen and oxygen atoms in total. The first-order chi connectivity index (χ1) is 13.4. The van der Waals surface area contributed by atoms with E-state index in [4.69, 9.17) is 0 Å². The first kappa shape index (κ1) is 24.3. The topological polar surface area (TPSA) is 101 Å². The third-order valence-corrected chi connectivity index (χ3v) is 6.74. The summed E-state index contributed by atoms with van der Waals surface area (Å²) in [4.78, 5) is 0. The molecular weight excluding hydrogens is 471 g/mol. The number of halogens is 1. The van der Waals surface area contributed by atoms with Crippen molar-refractivity contribution in [3.63, 3.8) is 0 Å². The summed E-state index contributed by atoms with van der Waals surface area (Å²) in [5, 5.41) is 49.4. The fraction of sp³-hybridized carbons (Fsp3) is 0.818. The van der Waals surface area contributed by atoms with Crippen molar-refractivity contribution in [2.24, 2.45) is 17.8 Å². The molecule has 2 aliphatic carbocycles. The normalized spacial score (nSPS) is 36.8. The largest absolute Gasteiger partial charge is 0.393 e. The average Bonchev–Trinajstić information content (AvgIpc) is 2.66. The molecule has 0 spiro atoms. The first-order valence-electron chi connectivity index (χ1n) is 10.7. The number of alkyl halides is 1. The highest BCUT2D eigenvalue weighted by molar-refractivity contribution is 14.1. The van der Waals surface area contributed by atoms with Gasteiger partial charge in [-0.25, -0.2) is 0 Å². The van der Waals surface area contributed by atoms with Crippen LogP contribution in [0.2, 0.25) is 0 Å². The molecule has 0 aromatic heterocycles. The van der Waals surface area contributed by atoms with Crippen LogP contribution >= 0.6 is 22.6 Å². The lowest BCUT2D eigenvalue weighted by atomic mass is 9.78. The summed E-state index contributed by atoms with van der Waals surface area (Å²) in [6, 6.07) is 0. The molecule has 0 aromatic carbocycles. The Bertz CT molecular complexity index is 497. The molecule has 5 N–H and O–H groups in total. The molecule has 0 heterocycles. The van der Waals surface area contributed by atoms with Crippen molar-refractivity contribution in [3.8, 4) is 0 Å². The summed E-state index contributed by atoms with van der Waals surface area (Å²) in [5.74, 6) is 0.967. The van der Waals surface area contributed by atoms with E-state index in [0.717, 1.165) is 36.5 Å². The van der Waals surface area contributed by atoms with Gasteiger partial charge in [-0.2, -0.15) is 0 Å². The highest BCUT2D eigenvalue weighted by Gasteiger charge is 2.28. The van der Waals surface area contributed by atoms with E-state index in [0.29, 0.717) is 43.4 Å². The van der Waals surface area contributed by atoms with Crippen molar-refractivity contribution >= 4 is 22.6 Å². The van der Waals surface area contributed by atoms with E-state index in [1.807, 2.05) is 0 Å². The van der Waals surface area contributed by atoms with Crippen molar-refractivity contribution < 1.29 is 25.5 Å². The first-order valence-corrected chi connectivity index (χ1v) is 12.2. The predicted octanol–water partition coefficient (Wildman–Crippen LogP) is 2.73. The number of rotatable bonds is 9. The summed E-state index contributed by atoms with van der Waals surface area (Å²) < 4.78 is 0.834. The lowest BCUT2D eigenvalue weighted by Gasteiger charge is -2.31.